The van der Waals surface area contributed by atoms with Crippen molar-refractivity contribution in [2.45, 2.75) is 26.2 Å². The zero-order valence-corrected chi connectivity index (χ0v) is 16.8. The number of hydrogen-bond donors (Lipinski definition) is 1. The van der Waals surface area contributed by atoms with Gasteiger partial charge in [0.25, 0.3) is 0 Å². The molecular weight excluding hydrogens is 374 g/mol. The molecule has 0 bridgehead atoms. The van der Waals surface area contributed by atoms with Crippen LogP contribution in [0.1, 0.15) is 39.5 Å². The Morgan fingerprint density at radius 3 is 2.53 bits per heavy atom. The number of rotatable bonds is 3. The molecule has 1 N–H and O–H groups in total. The van der Waals surface area contributed by atoms with Gasteiger partial charge in [-0.15, -0.1) is 0 Å². The molecule has 0 unspecified atom stereocenters. The third-order valence-corrected chi connectivity index (χ3v) is 5.75. The van der Waals surface area contributed by atoms with Gasteiger partial charge in [0.15, 0.2) is 5.78 Å². The summed E-state index contributed by atoms with van der Waals surface area (Å²) in [5, 5.41) is 9.52. The van der Waals surface area contributed by atoms with E-state index in [1.165, 1.54) is 0 Å². The Kier molecular flexibility index (Phi) is 4.24. The van der Waals surface area contributed by atoms with Gasteiger partial charge in [-0.05, 0) is 36.8 Å². The molecule has 30 heavy (non-hydrogen) atoms. The molecule has 5 heteroatoms. The number of anilines is 1. The highest BCUT2D eigenvalue weighted by molar-refractivity contribution is 6.14. The van der Waals surface area contributed by atoms with E-state index in [1.807, 2.05) is 80.6 Å². The Morgan fingerprint density at radius 2 is 1.73 bits per heavy atom. The summed E-state index contributed by atoms with van der Waals surface area (Å²) in [7, 11) is 0. The Morgan fingerprint density at radius 1 is 1.00 bits per heavy atom. The van der Waals surface area contributed by atoms with Crippen LogP contribution in [0.15, 0.2) is 66.7 Å². The lowest BCUT2D eigenvalue weighted by Crippen LogP contribution is -2.28. The van der Waals surface area contributed by atoms with Crippen molar-refractivity contribution in [3.63, 3.8) is 0 Å². The first-order valence-electron chi connectivity index (χ1n) is 10.0. The second kappa shape index (κ2) is 6.95. The molecule has 5 nitrogen and oxygen atoms in total. The average Bonchev–Trinajstić information content (AvgIpc) is 3.09. The molecular formula is C25H21N3O2. The molecule has 1 aliphatic heterocycles. The van der Waals surface area contributed by atoms with Crippen molar-refractivity contribution in [1.82, 2.24) is 9.78 Å². The summed E-state index contributed by atoms with van der Waals surface area (Å²) < 4.78 is 1.73. The van der Waals surface area contributed by atoms with E-state index in [1.54, 1.807) is 4.68 Å². The molecule has 0 saturated carbocycles. The van der Waals surface area contributed by atoms with Crippen molar-refractivity contribution in [2.75, 3.05) is 5.32 Å². The first-order chi connectivity index (χ1) is 14.5. The minimum absolute atomic E-state index is 0.0468. The van der Waals surface area contributed by atoms with Crippen LogP contribution in [0.3, 0.4) is 0 Å². The van der Waals surface area contributed by atoms with E-state index < -0.39 is 5.92 Å². The number of Topliss-reactive ketones (excluding diaryl/α,β-unsaturated/α-hetero) is 1. The van der Waals surface area contributed by atoms with Crippen LogP contribution >= 0.6 is 0 Å². The highest BCUT2D eigenvalue weighted by Crippen LogP contribution is 2.39. The monoisotopic (exact) mass is 395 g/mol. The molecule has 5 rings (SSSR count). The highest BCUT2D eigenvalue weighted by Gasteiger charge is 2.36. The van der Waals surface area contributed by atoms with E-state index in [9.17, 15) is 9.59 Å². The number of nitrogens with one attached hydrogen (secondary N) is 1. The van der Waals surface area contributed by atoms with Gasteiger partial charge in [0.05, 0.1) is 17.3 Å². The van der Waals surface area contributed by atoms with Gasteiger partial charge in [-0.1, -0.05) is 60.2 Å². The standard InChI is InChI=1S/C25H21N3O2/c1-15-10-12-18(13-11-15)28-25-23(16(2)27-28)21(14-22(29)26-25)24(30)20-9-5-7-17-6-3-4-8-19(17)20/h3-13,21H,14H2,1-2H3,(H,26,29)/t21-/m0/s1. The summed E-state index contributed by atoms with van der Waals surface area (Å²) in [4.78, 5) is 26.2. The Hall–Kier alpha value is -3.73. The molecule has 0 fully saturated rings. The summed E-state index contributed by atoms with van der Waals surface area (Å²) in [5.74, 6) is -0.186. The van der Waals surface area contributed by atoms with Crippen molar-refractivity contribution in [3.8, 4) is 5.69 Å². The van der Waals surface area contributed by atoms with Crippen molar-refractivity contribution in [3.05, 3.63) is 89.1 Å². The number of nitrogens with zero attached hydrogens (tertiary/aromatic N) is 2. The van der Waals surface area contributed by atoms with E-state index in [0.29, 0.717) is 11.4 Å². The number of aromatic nitrogens is 2. The predicted octanol–water partition coefficient (Wildman–Crippen LogP) is 4.95. The van der Waals surface area contributed by atoms with E-state index >= 15 is 0 Å². The van der Waals surface area contributed by atoms with Crippen LogP contribution in [0.5, 0.6) is 0 Å². The van der Waals surface area contributed by atoms with Crippen molar-refractivity contribution >= 4 is 28.3 Å². The first kappa shape index (κ1) is 18.3. The number of hydrogen-bond acceptors (Lipinski definition) is 3. The fourth-order valence-electron chi connectivity index (χ4n) is 4.27. The third-order valence-electron chi connectivity index (χ3n) is 5.75. The van der Waals surface area contributed by atoms with Crippen LogP contribution < -0.4 is 5.32 Å². The maximum atomic E-state index is 13.6. The number of carbonyl (C=O) groups excluding carboxylic acids is 2. The van der Waals surface area contributed by atoms with Crippen LogP contribution in [0.25, 0.3) is 16.5 Å². The molecule has 1 amide bonds. The maximum Gasteiger partial charge on any atom is 0.226 e. The summed E-state index contributed by atoms with van der Waals surface area (Å²) >= 11 is 0. The van der Waals surface area contributed by atoms with Crippen molar-refractivity contribution in [1.29, 1.82) is 0 Å². The largest absolute Gasteiger partial charge is 0.310 e. The zero-order valence-electron chi connectivity index (χ0n) is 16.8. The van der Waals surface area contributed by atoms with Gasteiger partial charge in [0.1, 0.15) is 5.82 Å². The van der Waals surface area contributed by atoms with Crippen LogP contribution in [0, 0.1) is 13.8 Å². The molecule has 3 aromatic carbocycles. The first-order valence-corrected chi connectivity index (χ1v) is 10.0. The molecule has 1 aliphatic rings. The lowest BCUT2D eigenvalue weighted by Gasteiger charge is -2.23. The maximum absolute atomic E-state index is 13.6. The van der Waals surface area contributed by atoms with Gasteiger partial charge in [0.2, 0.25) is 5.91 Å². The normalized spacial score (nSPS) is 15.7. The Bertz CT molecular complexity index is 1300. The lowest BCUT2D eigenvalue weighted by molar-refractivity contribution is -0.116. The van der Waals surface area contributed by atoms with E-state index in [-0.39, 0.29) is 18.1 Å². The van der Waals surface area contributed by atoms with Crippen LogP contribution in [-0.2, 0) is 4.79 Å². The molecule has 0 aliphatic carbocycles. The van der Waals surface area contributed by atoms with Gasteiger partial charge in [0, 0.05) is 17.5 Å². The molecule has 148 valence electrons. The molecule has 4 aromatic rings. The second-order valence-electron chi connectivity index (χ2n) is 7.79. The fraction of sp³-hybridized carbons (Fsp3) is 0.160. The molecule has 1 atom stereocenters. The smallest absolute Gasteiger partial charge is 0.226 e. The summed E-state index contributed by atoms with van der Waals surface area (Å²) in [5.41, 5.74) is 4.19. The zero-order chi connectivity index (χ0) is 20.8. The topological polar surface area (TPSA) is 64.0 Å². The molecule has 0 spiro atoms. The Labute approximate surface area is 174 Å². The lowest BCUT2D eigenvalue weighted by atomic mass is 9.84. The van der Waals surface area contributed by atoms with Crippen LogP contribution in [0.4, 0.5) is 5.82 Å². The summed E-state index contributed by atoms with van der Waals surface area (Å²) in [6, 6.07) is 21.5. The average molecular weight is 395 g/mol. The van der Waals surface area contributed by atoms with Gasteiger partial charge in [-0.3, -0.25) is 9.59 Å². The number of carbonyl (C=O) groups is 2. The molecule has 2 heterocycles. The van der Waals surface area contributed by atoms with Crippen LogP contribution in [0.2, 0.25) is 0 Å². The predicted molar refractivity (Wildman–Crippen MR) is 117 cm³/mol. The quantitative estimate of drug-likeness (QED) is 0.499. The minimum Gasteiger partial charge on any atom is -0.310 e. The number of fused-ring (bicyclic) bond motifs is 2. The van der Waals surface area contributed by atoms with Gasteiger partial charge >= 0.3 is 0 Å². The third kappa shape index (κ3) is 2.90. The molecule has 0 radical (unpaired) electrons. The number of ketones is 1. The second-order valence-corrected chi connectivity index (χ2v) is 7.79. The Balaban J connectivity index is 1.64. The highest BCUT2D eigenvalue weighted by atomic mass is 16.2. The fourth-order valence-corrected chi connectivity index (χ4v) is 4.27. The summed E-state index contributed by atoms with van der Waals surface area (Å²) in [6.45, 7) is 3.92. The molecule has 1 aromatic heterocycles. The SMILES string of the molecule is Cc1ccc(-n2nc(C)c3c2NC(=O)C[C@@H]3C(=O)c2cccc3ccccc23)cc1. The van der Waals surface area contributed by atoms with E-state index in [0.717, 1.165) is 33.3 Å². The minimum atomic E-state index is -0.557. The van der Waals surface area contributed by atoms with Gasteiger partial charge in [-0.2, -0.15) is 5.10 Å². The van der Waals surface area contributed by atoms with Gasteiger partial charge < -0.3 is 5.32 Å². The number of amides is 1. The number of benzene rings is 3. The van der Waals surface area contributed by atoms with Crippen LogP contribution in [-0.4, -0.2) is 21.5 Å². The summed E-state index contributed by atoms with van der Waals surface area (Å²) in [6.07, 6.45) is 0.121. The van der Waals surface area contributed by atoms with E-state index in [2.05, 4.69) is 10.4 Å². The number of aryl methyl sites for hydroxylation is 2. The van der Waals surface area contributed by atoms with Gasteiger partial charge in [-0.25, -0.2) is 4.68 Å². The molecule has 0 saturated heterocycles. The van der Waals surface area contributed by atoms with Crippen molar-refractivity contribution < 1.29 is 9.59 Å². The van der Waals surface area contributed by atoms with Crippen molar-refractivity contribution in [2.24, 2.45) is 0 Å². The van der Waals surface area contributed by atoms with E-state index in [4.69, 9.17) is 0 Å².